The molecule has 0 spiro atoms. The van der Waals surface area contributed by atoms with Crippen LogP contribution in [0.5, 0.6) is 0 Å². The average Bonchev–Trinajstić information content (AvgIpc) is 3.83. The van der Waals surface area contributed by atoms with Crippen molar-refractivity contribution in [3.05, 3.63) is 134 Å². The number of carbonyl (C=O) groups is 3. The molecule has 6 aromatic heterocycles. The summed E-state index contributed by atoms with van der Waals surface area (Å²) in [6, 6.07) is 27.0. The zero-order valence-electron chi connectivity index (χ0n) is 22.4. The largest absolute Gasteiger partial charge is 3.00 e. The summed E-state index contributed by atoms with van der Waals surface area (Å²) < 4.78 is 0. The van der Waals surface area contributed by atoms with E-state index < -0.39 is 17.9 Å². The Labute approximate surface area is 302 Å². The summed E-state index contributed by atoms with van der Waals surface area (Å²) in [4.78, 5) is 43.9. The molecule has 6 aromatic rings. The van der Waals surface area contributed by atoms with Crippen LogP contribution in [0.25, 0.3) is 22.8 Å². The summed E-state index contributed by atoms with van der Waals surface area (Å²) in [6.07, 6.45) is 3.54. The topological polar surface area (TPSA) is 192 Å². The molecule has 0 amide bonds. The van der Waals surface area contributed by atoms with Crippen LogP contribution >= 0.6 is 34.0 Å². The van der Waals surface area contributed by atoms with Crippen molar-refractivity contribution in [2.45, 2.75) is 0 Å². The number of hydrogen-bond donors (Lipinski definition) is 0. The third-order valence-corrected chi connectivity index (χ3v) is 7.32. The van der Waals surface area contributed by atoms with Gasteiger partial charge in [-0.1, -0.05) is 36.4 Å². The summed E-state index contributed by atoms with van der Waals surface area (Å²) in [6.45, 7) is 0. The van der Waals surface area contributed by atoms with E-state index in [4.69, 9.17) is 0 Å². The summed E-state index contributed by atoms with van der Waals surface area (Å²) in [5.74, 6) is -3.29. The zero-order chi connectivity index (χ0) is 30.2. The molecule has 3 N–H and O–H groups in total. The predicted octanol–water partition coefficient (Wildman–Crippen LogP) is 2.62. The van der Waals surface area contributed by atoms with Crippen LogP contribution in [0.3, 0.4) is 0 Å². The molecule has 0 bridgehead atoms. The van der Waals surface area contributed by atoms with Gasteiger partial charge in [-0.15, -0.1) is 34.0 Å². The van der Waals surface area contributed by atoms with Crippen molar-refractivity contribution in [3.8, 4) is 22.8 Å². The van der Waals surface area contributed by atoms with Crippen molar-refractivity contribution < 1.29 is 82.1 Å². The van der Waals surface area contributed by atoms with Gasteiger partial charge in [-0.05, 0) is 70.7 Å². The fraction of sp³-hybridized carbons (Fsp3) is 0. The number of carboxylic acids is 3. The quantitative estimate of drug-likeness (QED) is 0.236. The molecule has 0 saturated carbocycles. The molecule has 0 aliphatic heterocycles. The fourth-order valence-corrected chi connectivity index (χ4v) is 4.60. The Balaban J connectivity index is 0.000000316. The number of nitrogens with zero attached hydrogens (tertiary/aromatic N) is 3. The van der Waals surface area contributed by atoms with E-state index >= 15 is 0 Å². The molecular weight excluding hydrogens is 784 g/mol. The molecule has 0 aromatic carbocycles. The standard InChI is InChI=1S/C15H11N3.3C5H4O2S.H2O.Yb/c1-3-10-16-12(6-1)14-8-5-9-15(18-14)13-7-2-4-11-17-13;3*6-5(7)4-2-1-3-8-4;;/h1-11H;3*1-3H,(H,6,7);1H2;/q;;;;;+3/p-2. The van der Waals surface area contributed by atoms with Crippen LogP contribution in [-0.4, -0.2) is 32.9 Å². The first-order valence-corrected chi connectivity index (χ1v) is 14.5. The number of aromatic carboxylic acids is 3. The van der Waals surface area contributed by atoms with Crippen LogP contribution < -0.4 is 15.3 Å². The number of aromatic nitrogens is 3. The van der Waals surface area contributed by atoms with E-state index in [2.05, 4.69) is 15.0 Å². The predicted molar refractivity (Wildman–Crippen MR) is 162 cm³/mol. The van der Waals surface area contributed by atoms with Crippen molar-refractivity contribution in [1.82, 2.24) is 15.0 Å². The first kappa shape index (κ1) is 38.5. The van der Waals surface area contributed by atoms with Crippen molar-refractivity contribution in [2.75, 3.05) is 0 Å². The molecule has 14 heteroatoms. The monoisotopic (exact) mass is 807 g/mol. The number of thiophene rings is 3. The molecule has 0 saturated heterocycles. The molecular formula is C30H23N3O7S3Yb+. The first-order chi connectivity index (χ1) is 20.3. The van der Waals surface area contributed by atoms with Gasteiger partial charge in [0.25, 0.3) is 0 Å². The molecule has 6 heterocycles. The second-order valence-electron chi connectivity index (χ2n) is 7.63. The van der Waals surface area contributed by atoms with Crippen molar-refractivity contribution >= 4 is 51.9 Å². The molecule has 0 aliphatic rings. The fourth-order valence-electron chi connectivity index (χ4n) is 2.93. The molecule has 10 nitrogen and oxygen atoms in total. The van der Waals surface area contributed by atoms with E-state index in [0.29, 0.717) is 0 Å². The smallest absolute Gasteiger partial charge is 0.544 e. The maximum absolute atomic E-state index is 9.96. The average molecular weight is 807 g/mol. The van der Waals surface area contributed by atoms with Gasteiger partial charge in [0, 0.05) is 27.0 Å². The Morgan fingerprint density at radius 2 is 0.818 bits per heavy atom. The van der Waals surface area contributed by atoms with Gasteiger partial charge >= 0.3 is 46.9 Å². The van der Waals surface area contributed by atoms with Crippen molar-refractivity contribution in [1.29, 1.82) is 0 Å². The molecule has 0 fully saturated rings. The maximum Gasteiger partial charge on any atom is 3.00 e. The van der Waals surface area contributed by atoms with Crippen LogP contribution in [0.15, 0.2) is 120 Å². The second-order valence-corrected chi connectivity index (χ2v) is 10.5. The van der Waals surface area contributed by atoms with Crippen LogP contribution in [0.1, 0.15) is 29.0 Å². The SMILES string of the molecule is O=C([O-])c1cccs1.O=C([O-])c1cccs1.O=C([O-])c1cccs1.[OH3+].[Yb+3].c1ccc(-c2cccc(-c3ccccn3)n2)nc1. The first-order valence-electron chi connectivity index (χ1n) is 11.9. The number of carbonyl (C=O) groups excluding carboxylic acids is 3. The van der Waals surface area contributed by atoms with Gasteiger partial charge in [0.2, 0.25) is 0 Å². The van der Waals surface area contributed by atoms with Gasteiger partial charge < -0.3 is 35.2 Å². The van der Waals surface area contributed by atoms with Gasteiger partial charge in [0.05, 0.1) is 40.7 Å². The molecule has 0 aliphatic carbocycles. The Hall–Kier alpha value is -3.56. The second kappa shape index (κ2) is 21.2. The third-order valence-electron chi connectivity index (χ3n) is 4.77. The molecule has 1 radical (unpaired) electrons. The van der Waals surface area contributed by atoms with Gasteiger partial charge in [-0.2, -0.15) is 0 Å². The van der Waals surface area contributed by atoms with E-state index in [-0.39, 0.29) is 67.0 Å². The normalized spacial score (nSPS) is 9.09. The van der Waals surface area contributed by atoms with Gasteiger partial charge in [-0.25, -0.2) is 4.98 Å². The van der Waals surface area contributed by atoms with Gasteiger partial charge in [0.15, 0.2) is 0 Å². The van der Waals surface area contributed by atoms with Crippen LogP contribution in [0.4, 0.5) is 0 Å². The Morgan fingerprint density at radius 1 is 0.477 bits per heavy atom. The van der Waals surface area contributed by atoms with E-state index in [1.54, 1.807) is 46.7 Å². The van der Waals surface area contributed by atoms with Gasteiger partial charge in [0.1, 0.15) is 0 Å². The summed E-state index contributed by atoms with van der Waals surface area (Å²) >= 11 is 3.51. The third kappa shape index (κ3) is 13.4. The molecule has 0 unspecified atom stereocenters. The van der Waals surface area contributed by atoms with Crippen LogP contribution in [-0.2, 0) is 5.48 Å². The van der Waals surface area contributed by atoms with Crippen LogP contribution in [0.2, 0.25) is 0 Å². The minimum absolute atomic E-state index is 0. The summed E-state index contributed by atoms with van der Waals surface area (Å²) in [5.41, 5.74) is 3.46. The Kier molecular flexibility index (Phi) is 18.5. The Morgan fingerprint density at radius 3 is 1.05 bits per heavy atom. The van der Waals surface area contributed by atoms with E-state index in [1.807, 2.05) is 54.6 Å². The summed E-state index contributed by atoms with van der Waals surface area (Å²) in [5, 5.41) is 35.0. The number of carboxylic acid groups (broad SMARTS) is 3. The molecule has 231 valence electrons. The maximum atomic E-state index is 9.96. The van der Waals surface area contributed by atoms with E-state index in [0.717, 1.165) is 22.8 Å². The van der Waals surface area contributed by atoms with Gasteiger partial charge in [-0.3, -0.25) is 9.97 Å². The number of hydrogen-bond acceptors (Lipinski definition) is 12. The van der Waals surface area contributed by atoms with E-state index in [9.17, 15) is 29.7 Å². The van der Waals surface area contributed by atoms with Crippen molar-refractivity contribution in [3.63, 3.8) is 0 Å². The number of rotatable bonds is 5. The van der Waals surface area contributed by atoms with Crippen LogP contribution in [0, 0.1) is 46.9 Å². The van der Waals surface area contributed by atoms with Crippen molar-refractivity contribution in [2.24, 2.45) is 0 Å². The minimum atomic E-state index is -1.10. The zero-order valence-corrected chi connectivity index (χ0v) is 26.6. The van der Waals surface area contributed by atoms with E-state index in [1.165, 1.54) is 52.2 Å². The molecule has 44 heavy (non-hydrogen) atoms. The Bertz CT molecular complexity index is 1490. The molecule has 0 atom stereocenters. The minimum Gasteiger partial charge on any atom is -0.544 e. The number of pyridine rings is 3. The molecule has 6 rings (SSSR count). The summed E-state index contributed by atoms with van der Waals surface area (Å²) in [7, 11) is 0.